The molecule has 0 bridgehead atoms. The molecule has 2 amide bonds. The van der Waals surface area contributed by atoms with Crippen molar-refractivity contribution in [2.75, 3.05) is 26.7 Å². The van der Waals surface area contributed by atoms with Crippen LogP contribution in [0.2, 0.25) is 0 Å². The van der Waals surface area contributed by atoms with Crippen LogP contribution in [0.25, 0.3) is 10.8 Å². The molecule has 0 spiro atoms. The van der Waals surface area contributed by atoms with Crippen LogP contribution in [0.1, 0.15) is 43.5 Å². The lowest BCUT2D eigenvalue weighted by Crippen LogP contribution is -2.47. The minimum atomic E-state index is -0.133. The number of likely N-dealkylation sites (tertiary alicyclic amines) is 1. The van der Waals surface area contributed by atoms with Crippen LogP contribution < -0.4 is 5.32 Å². The number of carbonyl (C=O) groups is 2. The van der Waals surface area contributed by atoms with Gasteiger partial charge in [-0.1, -0.05) is 30.3 Å². The molecule has 5 nitrogen and oxygen atoms in total. The molecule has 0 unspecified atom stereocenters. The van der Waals surface area contributed by atoms with Gasteiger partial charge < -0.3 is 15.1 Å². The van der Waals surface area contributed by atoms with Crippen LogP contribution in [0, 0.1) is 0 Å². The minimum absolute atomic E-state index is 0.0989. The lowest BCUT2D eigenvalue weighted by molar-refractivity contribution is -0.132. The number of rotatable bonds is 6. The largest absolute Gasteiger partial charge is 0.352 e. The molecule has 2 aromatic carbocycles. The average Bonchev–Trinajstić information content (AvgIpc) is 2.72. The molecule has 0 atom stereocenters. The third-order valence-corrected chi connectivity index (χ3v) is 5.81. The lowest BCUT2D eigenvalue weighted by atomic mass is 10.0. The molecule has 0 aliphatic carbocycles. The highest BCUT2D eigenvalue weighted by Gasteiger charge is 2.26. The molecule has 2 aromatic rings. The highest BCUT2D eigenvalue weighted by molar-refractivity contribution is 5.98. The molecule has 5 heteroatoms. The summed E-state index contributed by atoms with van der Waals surface area (Å²) >= 11 is 0. The zero-order valence-electron chi connectivity index (χ0n) is 17.1. The fourth-order valence-corrected chi connectivity index (χ4v) is 3.89. The quantitative estimate of drug-likeness (QED) is 0.835. The van der Waals surface area contributed by atoms with E-state index in [1.807, 2.05) is 54.4 Å². The first-order valence-electron chi connectivity index (χ1n) is 10.2. The predicted molar refractivity (Wildman–Crippen MR) is 113 cm³/mol. The standard InChI is InChI=1S/C23H31N3O2/c1-17(2)26-14-11-21(12-15-26)25(3)22(27)10-13-24-23(28)20-9-8-18-6-4-5-7-19(18)16-20/h4-9,16-17,21H,10-15H2,1-3H3,(H,24,28). The van der Waals surface area contributed by atoms with Crippen molar-refractivity contribution in [3.05, 3.63) is 48.0 Å². The van der Waals surface area contributed by atoms with Crippen LogP contribution in [0.3, 0.4) is 0 Å². The van der Waals surface area contributed by atoms with Crippen LogP contribution in [0.4, 0.5) is 0 Å². The molecule has 1 aliphatic heterocycles. The molecule has 150 valence electrons. The zero-order valence-corrected chi connectivity index (χ0v) is 17.1. The summed E-state index contributed by atoms with van der Waals surface area (Å²) in [5.74, 6) is -0.0340. The van der Waals surface area contributed by atoms with Crippen molar-refractivity contribution in [3.8, 4) is 0 Å². The fourth-order valence-electron chi connectivity index (χ4n) is 3.89. The Labute approximate surface area is 167 Å². The SMILES string of the molecule is CC(C)N1CCC(N(C)C(=O)CCNC(=O)c2ccc3ccccc3c2)CC1. The van der Waals surface area contributed by atoms with Crippen LogP contribution in [0.15, 0.2) is 42.5 Å². The molecular formula is C23H31N3O2. The van der Waals surface area contributed by atoms with Crippen molar-refractivity contribution in [2.45, 2.75) is 45.2 Å². The van der Waals surface area contributed by atoms with Crippen LogP contribution in [0.5, 0.6) is 0 Å². The maximum atomic E-state index is 12.5. The van der Waals surface area contributed by atoms with Crippen molar-refractivity contribution in [1.29, 1.82) is 0 Å². The Balaban J connectivity index is 1.46. The summed E-state index contributed by atoms with van der Waals surface area (Å²) in [6.45, 7) is 6.87. The molecule has 1 fully saturated rings. The second-order valence-electron chi connectivity index (χ2n) is 7.93. The highest BCUT2D eigenvalue weighted by atomic mass is 16.2. The van der Waals surface area contributed by atoms with Gasteiger partial charge in [-0.25, -0.2) is 0 Å². The normalized spacial score (nSPS) is 15.7. The maximum Gasteiger partial charge on any atom is 0.251 e. The molecule has 1 heterocycles. The molecular weight excluding hydrogens is 350 g/mol. The summed E-state index contributed by atoms with van der Waals surface area (Å²) in [6.07, 6.45) is 2.37. The van der Waals surface area contributed by atoms with E-state index in [1.54, 1.807) is 0 Å². The number of hydrogen-bond donors (Lipinski definition) is 1. The van der Waals surface area contributed by atoms with E-state index < -0.39 is 0 Å². The number of hydrogen-bond acceptors (Lipinski definition) is 3. The van der Waals surface area contributed by atoms with Gasteiger partial charge in [0, 0.05) is 50.7 Å². The molecule has 0 saturated carbocycles. The molecule has 0 radical (unpaired) electrons. The highest BCUT2D eigenvalue weighted by Crippen LogP contribution is 2.18. The van der Waals surface area contributed by atoms with E-state index in [0.717, 1.165) is 36.7 Å². The van der Waals surface area contributed by atoms with Crippen molar-refractivity contribution in [2.24, 2.45) is 0 Å². The summed E-state index contributed by atoms with van der Waals surface area (Å²) < 4.78 is 0. The second-order valence-corrected chi connectivity index (χ2v) is 7.93. The summed E-state index contributed by atoms with van der Waals surface area (Å²) in [5, 5.41) is 5.03. The number of fused-ring (bicyclic) bond motifs is 1. The average molecular weight is 382 g/mol. The third kappa shape index (κ3) is 4.90. The van der Waals surface area contributed by atoms with Gasteiger partial charge in [-0.05, 0) is 49.6 Å². The van der Waals surface area contributed by atoms with Crippen molar-refractivity contribution < 1.29 is 9.59 Å². The number of benzene rings is 2. The van der Waals surface area contributed by atoms with E-state index in [0.29, 0.717) is 30.6 Å². The first-order chi connectivity index (χ1) is 13.5. The summed E-state index contributed by atoms with van der Waals surface area (Å²) in [5.41, 5.74) is 0.626. The molecule has 28 heavy (non-hydrogen) atoms. The number of nitrogens with zero attached hydrogens (tertiary/aromatic N) is 2. The van der Waals surface area contributed by atoms with E-state index in [-0.39, 0.29) is 11.8 Å². The van der Waals surface area contributed by atoms with E-state index in [2.05, 4.69) is 24.1 Å². The Morgan fingerprint density at radius 1 is 1.11 bits per heavy atom. The molecule has 1 saturated heterocycles. The van der Waals surface area contributed by atoms with E-state index in [9.17, 15) is 9.59 Å². The lowest BCUT2D eigenvalue weighted by Gasteiger charge is -2.38. The maximum absolute atomic E-state index is 12.5. The molecule has 0 aromatic heterocycles. The Morgan fingerprint density at radius 2 is 1.79 bits per heavy atom. The van der Waals surface area contributed by atoms with Gasteiger partial charge in [-0.2, -0.15) is 0 Å². The predicted octanol–water partition coefficient (Wildman–Crippen LogP) is 3.29. The van der Waals surface area contributed by atoms with Gasteiger partial charge >= 0.3 is 0 Å². The van der Waals surface area contributed by atoms with Gasteiger partial charge in [0.25, 0.3) is 5.91 Å². The summed E-state index contributed by atoms with van der Waals surface area (Å²) in [7, 11) is 1.89. The van der Waals surface area contributed by atoms with Crippen LogP contribution in [-0.4, -0.2) is 60.4 Å². The summed E-state index contributed by atoms with van der Waals surface area (Å²) in [6, 6.07) is 14.5. The van der Waals surface area contributed by atoms with Gasteiger partial charge in [0.05, 0.1) is 0 Å². The van der Waals surface area contributed by atoms with Crippen molar-refractivity contribution in [3.63, 3.8) is 0 Å². The smallest absolute Gasteiger partial charge is 0.251 e. The van der Waals surface area contributed by atoms with Gasteiger partial charge in [0.15, 0.2) is 0 Å². The van der Waals surface area contributed by atoms with E-state index in [1.165, 1.54) is 0 Å². The Bertz CT molecular complexity index is 825. The Morgan fingerprint density at radius 3 is 2.46 bits per heavy atom. The molecule has 3 rings (SSSR count). The number of carbonyl (C=O) groups excluding carboxylic acids is 2. The van der Waals surface area contributed by atoms with Crippen molar-refractivity contribution in [1.82, 2.24) is 15.1 Å². The number of amides is 2. The van der Waals surface area contributed by atoms with Crippen LogP contribution >= 0.6 is 0 Å². The first-order valence-corrected chi connectivity index (χ1v) is 10.2. The van der Waals surface area contributed by atoms with Gasteiger partial charge in [0.1, 0.15) is 0 Å². The minimum Gasteiger partial charge on any atom is -0.352 e. The molecule has 1 N–H and O–H groups in total. The third-order valence-electron chi connectivity index (χ3n) is 5.81. The number of nitrogens with one attached hydrogen (secondary N) is 1. The van der Waals surface area contributed by atoms with E-state index >= 15 is 0 Å². The van der Waals surface area contributed by atoms with Gasteiger partial charge in [0.2, 0.25) is 5.91 Å². The van der Waals surface area contributed by atoms with E-state index in [4.69, 9.17) is 0 Å². The second kappa shape index (κ2) is 9.20. The van der Waals surface area contributed by atoms with Gasteiger partial charge in [-0.15, -0.1) is 0 Å². The summed E-state index contributed by atoms with van der Waals surface area (Å²) in [4.78, 5) is 29.2. The first kappa shape index (κ1) is 20.3. The number of piperidine rings is 1. The Kier molecular flexibility index (Phi) is 6.68. The Hall–Kier alpha value is -2.40. The molecule has 1 aliphatic rings. The van der Waals surface area contributed by atoms with Crippen molar-refractivity contribution >= 4 is 22.6 Å². The zero-order chi connectivity index (χ0) is 20.1. The monoisotopic (exact) mass is 381 g/mol. The van der Waals surface area contributed by atoms with Gasteiger partial charge in [-0.3, -0.25) is 9.59 Å². The topological polar surface area (TPSA) is 52.6 Å². The van der Waals surface area contributed by atoms with Crippen LogP contribution in [-0.2, 0) is 4.79 Å². The fraction of sp³-hybridized carbons (Fsp3) is 0.478.